The molecular weight excluding hydrogens is 307 g/mol. The lowest BCUT2D eigenvalue weighted by atomic mass is 10.1. The number of hydrogen-bond acceptors (Lipinski definition) is 4. The Balaban J connectivity index is 2.79. The molecule has 18 heavy (non-hydrogen) atoms. The van der Waals surface area contributed by atoms with E-state index in [1.165, 1.54) is 32.4 Å². The number of hydrogen-bond donors (Lipinski definition) is 0. The van der Waals surface area contributed by atoms with Crippen molar-refractivity contribution in [3.8, 4) is 0 Å². The van der Waals surface area contributed by atoms with Crippen molar-refractivity contribution in [1.29, 1.82) is 0 Å². The van der Waals surface area contributed by atoms with Crippen LogP contribution in [0, 0.1) is 5.82 Å². The fraction of sp³-hybridized carbons (Fsp3) is 0.333. The Bertz CT molecular complexity index is 457. The van der Waals surface area contributed by atoms with Gasteiger partial charge in [-0.2, -0.15) is 0 Å². The van der Waals surface area contributed by atoms with Gasteiger partial charge in [0.25, 0.3) is 0 Å². The van der Waals surface area contributed by atoms with Crippen molar-refractivity contribution in [2.24, 2.45) is 0 Å². The van der Waals surface area contributed by atoms with E-state index in [-0.39, 0.29) is 5.56 Å². The third-order valence-electron chi connectivity index (χ3n) is 2.26. The van der Waals surface area contributed by atoms with Gasteiger partial charge in [0.15, 0.2) is 11.6 Å². The van der Waals surface area contributed by atoms with Crippen molar-refractivity contribution < 1.29 is 23.5 Å². The van der Waals surface area contributed by atoms with Crippen molar-refractivity contribution in [2.45, 2.75) is 12.7 Å². The molecule has 6 heteroatoms. The smallest absolute Gasteiger partial charge is 0.217 e. The summed E-state index contributed by atoms with van der Waals surface area (Å²) in [4.78, 5) is 23.3. The zero-order chi connectivity index (χ0) is 13.7. The van der Waals surface area contributed by atoms with Crippen LogP contribution >= 0.6 is 15.9 Å². The van der Waals surface area contributed by atoms with Gasteiger partial charge in [-0.05, 0) is 18.2 Å². The van der Waals surface area contributed by atoms with Crippen LogP contribution in [0.25, 0.3) is 0 Å². The number of halogens is 2. The van der Waals surface area contributed by atoms with Gasteiger partial charge in [-0.25, -0.2) is 4.39 Å². The molecule has 0 aliphatic carbocycles. The first kappa shape index (κ1) is 14.9. The Morgan fingerprint density at radius 2 is 1.94 bits per heavy atom. The van der Waals surface area contributed by atoms with Gasteiger partial charge in [0, 0.05) is 18.7 Å². The summed E-state index contributed by atoms with van der Waals surface area (Å²) in [6.45, 7) is 0. The molecule has 0 aliphatic rings. The first-order valence-corrected chi connectivity index (χ1v) is 5.85. The highest BCUT2D eigenvalue weighted by molar-refractivity contribution is 9.10. The fourth-order valence-corrected chi connectivity index (χ4v) is 1.74. The Kier molecular flexibility index (Phi) is 5.58. The maximum Gasteiger partial charge on any atom is 0.217 e. The highest BCUT2D eigenvalue weighted by Gasteiger charge is 2.22. The van der Waals surface area contributed by atoms with Crippen LogP contribution in [-0.4, -0.2) is 32.1 Å². The Hall–Kier alpha value is -1.11. The van der Waals surface area contributed by atoms with Gasteiger partial charge >= 0.3 is 0 Å². The van der Waals surface area contributed by atoms with Crippen molar-refractivity contribution in [1.82, 2.24) is 0 Å². The standard InChI is InChI=1S/C12H12BrFO4/c1-17-12(18-2)11(16)6-10(15)8-4-3-7(13)5-9(8)14/h3-5,12H,6H2,1-2H3. The molecular formula is C12H12BrFO4. The number of rotatable bonds is 6. The normalized spacial score (nSPS) is 10.7. The summed E-state index contributed by atoms with van der Waals surface area (Å²) < 4.78 is 23.5. The van der Waals surface area contributed by atoms with Crippen LogP contribution < -0.4 is 0 Å². The van der Waals surface area contributed by atoms with E-state index in [0.717, 1.165) is 0 Å². The summed E-state index contributed by atoms with van der Waals surface area (Å²) in [5, 5.41) is 0. The van der Waals surface area contributed by atoms with Crippen molar-refractivity contribution in [2.75, 3.05) is 14.2 Å². The van der Waals surface area contributed by atoms with Gasteiger partial charge in [0.1, 0.15) is 5.82 Å². The molecule has 0 amide bonds. The average Bonchev–Trinajstić information content (AvgIpc) is 2.30. The van der Waals surface area contributed by atoms with Gasteiger partial charge in [-0.3, -0.25) is 9.59 Å². The van der Waals surface area contributed by atoms with E-state index in [1.54, 1.807) is 0 Å². The SMILES string of the molecule is COC(OC)C(=O)CC(=O)c1ccc(Br)cc1F. The van der Waals surface area contributed by atoms with Crippen LogP contribution in [0.3, 0.4) is 0 Å². The molecule has 0 fully saturated rings. The van der Waals surface area contributed by atoms with Crippen LogP contribution in [0.15, 0.2) is 22.7 Å². The summed E-state index contributed by atoms with van der Waals surface area (Å²) >= 11 is 3.08. The number of Topliss-reactive ketones (excluding diaryl/α,β-unsaturated/α-hetero) is 2. The Morgan fingerprint density at radius 1 is 1.33 bits per heavy atom. The molecule has 1 aromatic rings. The van der Waals surface area contributed by atoms with Crippen molar-refractivity contribution in [3.63, 3.8) is 0 Å². The third kappa shape index (κ3) is 3.69. The van der Waals surface area contributed by atoms with Gasteiger partial charge < -0.3 is 9.47 Å². The molecule has 1 aromatic carbocycles. The second-order valence-electron chi connectivity index (χ2n) is 3.49. The lowest BCUT2D eigenvalue weighted by Gasteiger charge is -2.11. The maximum absolute atomic E-state index is 13.5. The summed E-state index contributed by atoms with van der Waals surface area (Å²) in [6, 6.07) is 4.02. The second kappa shape index (κ2) is 6.72. The van der Waals surface area contributed by atoms with E-state index in [4.69, 9.17) is 9.47 Å². The predicted octanol–water partition coefficient (Wildman–Crippen LogP) is 2.35. The molecule has 0 atom stereocenters. The minimum Gasteiger partial charge on any atom is -0.349 e. The van der Waals surface area contributed by atoms with Gasteiger partial charge in [-0.1, -0.05) is 15.9 Å². The number of carbonyl (C=O) groups excluding carboxylic acids is 2. The summed E-state index contributed by atoms with van der Waals surface area (Å²) in [5.41, 5.74) is -0.127. The first-order chi connectivity index (χ1) is 8.49. The topological polar surface area (TPSA) is 52.6 Å². The number of methoxy groups -OCH3 is 2. The second-order valence-corrected chi connectivity index (χ2v) is 4.41. The van der Waals surface area contributed by atoms with Gasteiger partial charge in [-0.15, -0.1) is 0 Å². The first-order valence-electron chi connectivity index (χ1n) is 5.06. The largest absolute Gasteiger partial charge is 0.349 e. The Morgan fingerprint density at radius 3 is 2.44 bits per heavy atom. The molecule has 0 radical (unpaired) electrons. The lowest BCUT2D eigenvalue weighted by Crippen LogP contribution is -2.27. The summed E-state index contributed by atoms with van der Waals surface area (Å²) in [7, 11) is 2.58. The van der Waals surface area contributed by atoms with E-state index in [0.29, 0.717) is 4.47 Å². The minimum absolute atomic E-state index is 0.127. The van der Waals surface area contributed by atoms with E-state index in [9.17, 15) is 14.0 Å². The molecule has 0 heterocycles. The summed E-state index contributed by atoms with van der Waals surface area (Å²) in [6.07, 6.45) is -1.57. The molecule has 0 aliphatic heterocycles. The zero-order valence-electron chi connectivity index (χ0n) is 9.91. The molecule has 0 saturated heterocycles. The number of ether oxygens (including phenoxy) is 2. The van der Waals surface area contributed by atoms with E-state index in [1.807, 2.05) is 0 Å². The van der Waals surface area contributed by atoms with E-state index < -0.39 is 30.1 Å². The third-order valence-corrected chi connectivity index (χ3v) is 2.75. The summed E-state index contributed by atoms with van der Waals surface area (Å²) in [5.74, 6) is -1.83. The molecule has 4 nitrogen and oxygen atoms in total. The molecule has 1 rings (SSSR count). The lowest BCUT2D eigenvalue weighted by molar-refractivity contribution is -0.155. The van der Waals surface area contributed by atoms with Crippen LogP contribution in [0.4, 0.5) is 4.39 Å². The minimum atomic E-state index is -1.10. The van der Waals surface area contributed by atoms with Crippen molar-refractivity contribution in [3.05, 3.63) is 34.1 Å². The van der Waals surface area contributed by atoms with Gasteiger partial charge in [0.05, 0.1) is 12.0 Å². The van der Waals surface area contributed by atoms with E-state index >= 15 is 0 Å². The fourth-order valence-electron chi connectivity index (χ4n) is 1.41. The predicted molar refractivity (Wildman–Crippen MR) is 65.9 cm³/mol. The van der Waals surface area contributed by atoms with Gasteiger partial charge in [0.2, 0.25) is 6.29 Å². The van der Waals surface area contributed by atoms with Crippen LogP contribution in [0.5, 0.6) is 0 Å². The Labute approximate surface area is 112 Å². The number of benzene rings is 1. The monoisotopic (exact) mass is 318 g/mol. The highest BCUT2D eigenvalue weighted by atomic mass is 79.9. The number of carbonyl (C=O) groups is 2. The van der Waals surface area contributed by atoms with Crippen LogP contribution in [0.2, 0.25) is 0 Å². The molecule has 0 aromatic heterocycles. The molecule has 0 saturated carbocycles. The quantitative estimate of drug-likeness (QED) is 0.459. The molecule has 0 unspecified atom stereocenters. The van der Waals surface area contributed by atoms with Crippen LogP contribution in [-0.2, 0) is 14.3 Å². The molecule has 0 bridgehead atoms. The van der Waals surface area contributed by atoms with Crippen LogP contribution in [0.1, 0.15) is 16.8 Å². The average molecular weight is 319 g/mol. The molecule has 0 spiro atoms. The highest BCUT2D eigenvalue weighted by Crippen LogP contribution is 2.17. The molecule has 98 valence electrons. The maximum atomic E-state index is 13.5. The number of ketones is 2. The van der Waals surface area contributed by atoms with E-state index in [2.05, 4.69) is 15.9 Å². The zero-order valence-corrected chi connectivity index (χ0v) is 11.5. The molecule has 0 N–H and O–H groups in total. The van der Waals surface area contributed by atoms with Crippen molar-refractivity contribution >= 4 is 27.5 Å².